The summed E-state index contributed by atoms with van der Waals surface area (Å²) in [4.78, 5) is 2.21. The molecule has 2 heterocycles. The average molecular weight is 196 g/mol. The average Bonchev–Trinajstić information content (AvgIpc) is 2.65. The number of aromatic amines is 1. The lowest BCUT2D eigenvalue weighted by molar-refractivity contribution is 0.203. The van der Waals surface area contributed by atoms with E-state index >= 15 is 0 Å². The van der Waals surface area contributed by atoms with Gasteiger partial charge in [0.25, 0.3) is 0 Å². The lowest BCUT2D eigenvalue weighted by atomic mass is 9.98. The molecule has 4 N–H and O–H groups in total. The molecule has 78 valence electrons. The van der Waals surface area contributed by atoms with Crippen molar-refractivity contribution < 1.29 is 5.11 Å². The summed E-state index contributed by atoms with van der Waals surface area (Å²) < 4.78 is 0. The number of aromatic nitrogens is 2. The first-order valence-corrected chi connectivity index (χ1v) is 4.96. The number of anilines is 2. The van der Waals surface area contributed by atoms with E-state index in [1.807, 2.05) is 0 Å². The van der Waals surface area contributed by atoms with Crippen molar-refractivity contribution in [2.45, 2.75) is 12.8 Å². The second-order valence-electron chi connectivity index (χ2n) is 3.78. The van der Waals surface area contributed by atoms with Gasteiger partial charge in [-0.2, -0.15) is 5.10 Å². The van der Waals surface area contributed by atoms with Crippen molar-refractivity contribution in [3.8, 4) is 0 Å². The van der Waals surface area contributed by atoms with Crippen LogP contribution >= 0.6 is 0 Å². The topological polar surface area (TPSA) is 78.2 Å². The zero-order chi connectivity index (χ0) is 9.97. The maximum absolute atomic E-state index is 9.00. The van der Waals surface area contributed by atoms with Crippen LogP contribution in [0.3, 0.4) is 0 Å². The SMILES string of the molecule is Nc1[nH]ncc1N1CCC(CO)CC1. The van der Waals surface area contributed by atoms with Crippen LogP contribution in [0.15, 0.2) is 6.20 Å². The van der Waals surface area contributed by atoms with Crippen molar-refractivity contribution >= 4 is 11.5 Å². The molecule has 0 aliphatic carbocycles. The van der Waals surface area contributed by atoms with Gasteiger partial charge in [0.1, 0.15) is 5.82 Å². The largest absolute Gasteiger partial charge is 0.396 e. The maximum Gasteiger partial charge on any atom is 0.142 e. The van der Waals surface area contributed by atoms with Gasteiger partial charge in [0.05, 0.1) is 11.9 Å². The Morgan fingerprint density at radius 1 is 1.57 bits per heavy atom. The minimum atomic E-state index is 0.300. The van der Waals surface area contributed by atoms with Gasteiger partial charge < -0.3 is 15.7 Å². The molecule has 2 rings (SSSR count). The Morgan fingerprint density at radius 2 is 2.29 bits per heavy atom. The molecule has 14 heavy (non-hydrogen) atoms. The fourth-order valence-electron chi connectivity index (χ4n) is 1.90. The summed E-state index contributed by atoms with van der Waals surface area (Å²) in [5, 5.41) is 15.6. The van der Waals surface area contributed by atoms with E-state index in [0.29, 0.717) is 18.3 Å². The van der Waals surface area contributed by atoms with Crippen LogP contribution in [0.4, 0.5) is 11.5 Å². The molecule has 5 nitrogen and oxygen atoms in total. The number of rotatable bonds is 2. The molecule has 1 aliphatic heterocycles. The van der Waals surface area contributed by atoms with Crippen LogP contribution in [-0.2, 0) is 0 Å². The molecule has 5 heteroatoms. The molecule has 0 unspecified atom stereocenters. The Labute approximate surface area is 82.9 Å². The van der Waals surface area contributed by atoms with Crippen molar-refractivity contribution in [2.24, 2.45) is 5.92 Å². The number of aliphatic hydroxyl groups is 1. The molecular formula is C9H16N4O. The highest BCUT2D eigenvalue weighted by atomic mass is 16.3. The van der Waals surface area contributed by atoms with E-state index in [4.69, 9.17) is 10.8 Å². The molecule has 1 saturated heterocycles. The predicted molar refractivity (Wildman–Crippen MR) is 55.0 cm³/mol. The van der Waals surface area contributed by atoms with E-state index in [1.54, 1.807) is 6.20 Å². The third-order valence-corrected chi connectivity index (χ3v) is 2.86. The summed E-state index contributed by atoms with van der Waals surface area (Å²) in [5.74, 6) is 1.09. The second-order valence-corrected chi connectivity index (χ2v) is 3.78. The molecule has 0 atom stereocenters. The van der Waals surface area contributed by atoms with E-state index in [9.17, 15) is 0 Å². The van der Waals surface area contributed by atoms with Crippen LogP contribution in [0.2, 0.25) is 0 Å². The van der Waals surface area contributed by atoms with Crippen molar-refractivity contribution in [3.63, 3.8) is 0 Å². The molecular weight excluding hydrogens is 180 g/mol. The Kier molecular flexibility index (Phi) is 2.58. The molecule has 1 fully saturated rings. The quantitative estimate of drug-likeness (QED) is 0.631. The van der Waals surface area contributed by atoms with E-state index < -0.39 is 0 Å². The first kappa shape index (κ1) is 9.33. The molecule has 0 amide bonds. The van der Waals surface area contributed by atoms with E-state index in [1.165, 1.54) is 0 Å². The molecule has 0 saturated carbocycles. The van der Waals surface area contributed by atoms with Crippen LogP contribution in [0.5, 0.6) is 0 Å². The van der Waals surface area contributed by atoms with Gasteiger partial charge in [-0.05, 0) is 18.8 Å². The van der Waals surface area contributed by atoms with Gasteiger partial charge in [0, 0.05) is 19.7 Å². The number of nitrogens with two attached hydrogens (primary N) is 1. The Bertz CT molecular complexity index is 291. The molecule has 1 aromatic heterocycles. The van der Waals surface area contributed by atoms with Gasteiger partial charge in [0.15, 0.2) is 0 Å². The number of aliphatic hydroxyl groups excluding tert-OH is 1. The maximum atomic E-state index is 9.00. The third-order valence-electron chi connectivity index (χ3n) is 2.86. The molecule has 0 spiro atoms. The molecule has 0 bridgehead atoms. The molecule has 0 radical (unpaired) electrons. The summed E-state index contributed by atoms with van der Waals surface area (Å²) in [5.41, 5.74) is 6.72. The summed E-state index contributed by atoms with van der Waals surface area (Å²) in [7, 11) is 0. The summed E-state index contributed by atoms with van der Waals surface area (Å²) in [6.45, 7) is 2.21. The first-order valence-electron chi connectivity index (χ1n) is 4.96. The smallest absolute Gasteiger partial charge is 0.142 e. The highest BCUT2D eigenvalue weighted by molar-refractivity contribution is 5.62. The highest BCUT2D eigenvalue weighted by Gasteiger charge is 2.20. The number of hydrogen-bond donors (Lipinski definition) is 3. The number of H-pyrrole nitrogens is 1. The van der Waals surface area contributed by atoms with E-state index in [2.05, 4.69) is 15.1 Å². The van der Waals surface area contributed by atoms with Crippen LogP contribution in [-0.4, -0.2) is 35.0 Å². The lowest BCUT2D eigenvalue weighted by Crippen LogP contribution is -2.34. The van der Waals surface area contributed by atoms with Gasteiger partial charge in [-0.25, -0.2) is 0 Å². The van der Waals surface area contributed by atoms with Crippen molar-refractivity contribution in [1.29, 1.82) is 0 Å². The summed E-state index contributed by atoms with van der Waals surface area (Å²) in [6.07, 6.45) is 3.82. The van der Waals surface area contributed by atoms with Crippen molar-refractivity contribution in [2.75, 3.05) is 30.3 Å². The monoisotopic (exact) mass is 196 g/mol. The van der Waals surface area contributed by atoms with Gasteiger partial charge in [-0.15, -0.1) is 0 Å². The highest BCUT2D eigenvalue weighted by Crippen LogP contribution is 2.25. The van der Waals surface area contributed by atoms with Gasteiger partial charge in [-0.3, -0.25) is 5.10 Å². The van der Waals surface area contributed by atoms with Gasteiger partial charge in [0.2, 0.25) is 0 Å². The first-order chi connectivity index (χ1) is 6.81. The second kappa shape index (κ2) is 3.88. The Balaban J connectivity index is 1.99. The fourth-order valence-corrected chi connectivity index (χ4v) is 1.90. The Morgan fingerprint density at radius 3 is 2.79 bits per heavy atom. The number of hydrogen-bond acceptors (Lipinski definition) is 4. The van der Waals surface area contributed by atoms with E-state index in [0.717, 1.165) is 31.6 Å². The Hall–Kier alpha value is -1.23. The predicted octanol–water partition coefficient (Wildman–Crippen LogP) is 0.201. The molecule has 1 aromatic rings. The lowest BCUT2D eigenvalue weighted by Gasteiger charge is -2.32. The number of nitrogens with one attached hydrogen (secondary N) is 1. The zero-order valence-electron chi connectivity index (χ0n) is 8.11. The van der Waals surface area contributed by atoms with Crippen LogP contribution in [0.25, 0.3) is 0 Å². The summed E-state index contributed by atoms with van der Waals surface area (Å²) in [6, 6.07) is 0. The fraction of sp³-hybridized carbons (Fsp3) is 0.667. The minimum absolute atomic E-state index is 0.300. The molecule has 0 aromatic carbocycles. The van der Waals surface area contributed by atoms with Gasteiger partial charge in [-0.1, -0.05) is 0 Å². The van der Waals surface area contributed by atoms with Crippen LogP contribution in [0.1, 0.15) is 12.8 Å². The minimum Gasteiger partial charge on any atom is -0.396 e. The van der Waals surface area contributed by atoms with Gasteiger partial charge >= 0.3 is 0 Å². The number of nitrogens with zero attached hydrogens (tertiary/aromatic N) is 2. The van der Waals surface area contributed by atoms with E-state index in [-0.39, 0.29) is 0 Å². The number of nitrogen functional groups attached to an aromatic ring is 1. The normalized spacial score (nSPS) is 18.8. The van der Waals surface area contributed by atoms with Crippen LogP contribution < -0.4 is 10.6 Å². The standard InChI is InChI=1S/C9H16N4O/c10-9-8(5-11-12-9)13-3-1-7(6-14)2-4-13/h5,7,14H,1-4,6H2,(H3,10,11,12). The number of piperidine rings is 1. The van der Waals surface area contributed by atoms with Crippen molar-refractivity contribution in [1.82, 2.24) is 10.2 Å². The van der Waals surface area contributed by atoms with Crippen molar-refractivity contribution in [3.05, 3.63) is 6.20 Å². The summed E-state index contributed by atoms with van der Waals surface area (Å²) >= 11 is 0. The zero-order valence-corrected chi connectivity index (χ0v) is 8.11. The molecule has 1 aliphatic rings. The van der Waals surface area contributed by atoms with Crippen LogP contribution in [0, 0.1) is 5.92 Å². The third kappa shape index (κ3) is 1.68.